The van der Waals surface area contributed by atoms with Crippen LogP contribution in [0.4, 0.5) is 4.79 Å². The first-order valence-electron chi connectivity index (χ1n) is 10.3. The molecule has 1 fully saturated rings. The van der Waals surface area contributed by atoms with Gasteiger partial charge in [0.05, 0.1) is 0 Å². The monoisotopic (exact) mass is 535 g/mol. The quantitative estimate of drug-likeness (QED) is 0.325. The van der Waals surface area contributed by atoms with Gasteiger partial charge in [-0.3, -0.25) is 19.3 Å². The molecular formula is C20H21N7O5S3. The number of benzene rings is 1. The number of amides is 3. The zero-order valence-corrected chi connectivity index (χ0v) is 21.0. The minimum Gasteiger partial charge on any atom is -0.477 e. The predicted octanol–water partition coefficient (Wildman–Crippen LogP) is 0.855. The van der Waals surface area contributed by atoms with Crippen LogP contribution in [-0.2, 0) is 21.4 Å². The van der Waals surface area contributed by atoms with E-state index in [0.717, 1.165) is 11.8 Å². The van der Waals surface area contributed by atoms with Gasteiger partial charge in [-0.25, -0.2) is 9.48 Å². The highest BCUT2D eigenvalue weighted by atomic mass is 32.2. The second kappa shape index (κ2) is 10.7. The van der Waals surface area contributed by atoms with E-state index in [1.54, 1.807) is 37.4 Å². The zero-order valence-electron chi connectivity index (χ0n) is 18.6. The topological polar surface area (TPSA) is 159 Å². The molecule has 2 aliphatic heterocycles. The molecule has 2 aliphatic rings. The highest BCUT2D eigenvalue weighted by molar-refractivity contribution is 8.14. The molecule has 35 heavy (non-hydrogen) atoms. The smallest absolute Gasteiger partial charge is 0.352 e. The average molecular weight is 536 g/mol. The highest BCUT2D eigenvalue weighted by Crippen LogP contribution is 2.42. The van der Waals surface area contributed by atoms with Crippen LogP contribution in [0.25, 0.3) is 0 Å². The molecule has 3 atom stereocenters. The molecule has 1 aromatic carbocycles. The Kier molecular flexibility index (Phi) is 7.66. The molecular weight excluding hydrogens is 514 g/mol. The maximum atomic E-state index is 13.1. The van der Waals surface area contributed by atoms with Crippen LogP contribution in [0.2, 0.25) is 0 Å². The molecule has 3 amide bonds. The Morgan fingerprint density at radius 1 is 1.29 bits per heavy atom. The van der Waals surface area contributed by atoms with Crippen LogP contribution in [0, 0.1) is 0 Å². The number of fused-ring (bicyclic) bond motifs is 1. The predicted molar refractivity (Wildman–Crippen MR) is 130 cm³/mol. The summed E-state index contributed by atoms with van der Waals surface area (Å²) in [4.78, 5) is 51.4. The molecule has 12 nitrogen and oxygen atoms in total. The first-order valence-corrected chi connectivity index (χ1v) is 13.2. The molecule has 2 unspecified atom stereocenters. The number of aromatic nitrogens is 4. The maximum Gasteiger partial charge on any atom is 0.352 e. The van der Waals surface area contributed by atoms with E-state index in [2.05, 4.69) is 26.2 Å². The number of β-lactam (4-membered cyclic amide) rings is 1. The lowest BCUT2D eigenvalue weighted by Gasteiger charge is -2.49. The lowest BCUT2D eigenvalue weighted by atomic mass is 10.0. The highest BCUT2D eigenvalue weighted by Gasteiger charge is 2.54. The van der Waals surface area contributed by atoms with E-state index in [9.17, 15) is 24.3 Å². The Morgan fingerprint density at radius 2 is 2.03 bits per heavy atom. The number of nitrogens with one attached hydrogen (secondary N) is 2. The summed E-state index contributed by atoms with van der Waals surface area (Å²) < 4.78 is 1.48. The third kappa shape index (κ3) is 5.16. The summed E-state index contributed by atoms with van der Waals surface area (Å²) >= 11 is 3.46. The van der Waals surface area contributed by atoms with Crippen LogP contribution in [0.3, 0.4) is 0 Å². The van der Waals surface area contributed by atoms with Crippen molar-refractivity contribution in [3.8, 4) is 0 Å². The maximum absolute atomic E-state index is 13.1. The van der Waals surface area contributed by atoms with Gasteiger partial charge in [0, 0.05) is 25.6 Å². The van der Waals surface area contributed by atoms with E-state index in [1.807, 2.05) is 0 Å². The number of thioether (sulfide) groups is 3. The van der Waals surface area contributed by atoms with Crippen LogP contribution < -0.4 is 10.6 Å². The number of aryl methyl sites for hydroxylation is 1. The van der Waals surface area contributed by atoms with Gasteiger partial charge in [0.25, 0.3) is 11.1 Å². The van der Waals surface area contributed by atoms with E-state index in [4.69, 9.17) is 0 Å². The number of tetrazole rings is 1. The van der Waals surface area contributed by atoms with Crippen molar-refractivity contribution in [2.24, 2.45) is 7.05 Å². The minimum atomic E-state index is -1.21. The molecule has 15 heteroatoms. The molecule has 3 N–H and O–H groups in total. The van der Waals surface area contributed by atoms with Crippen molar-refractivity contribution in [1.29, 1.82) is 0 Å². The van der Waals surface area contributed by atoms with Gasteiger partial charge in [0.2, 0.25) is 11.1 Å². The van der Waals surface area contributed by atoms with E-state index < -0.39 is 34.4 Å². The molecule has 1 saturated heterocycles. The molecule has 0 bridgehead atoms. The van der Waals surface area contributed by atoms with Gasteiger partial charge in [-0.15, -0.1) is 16.9 Å². The standard InChI is InChI=1S/C20H21N7O5S3/c1-21-20(32)35-14(10-6-4-3-5-7-10)15(28)22-12-16(29)27-13(18(30)31)11(8-33-17(12)27)9-34-19-23-24-25-26(19)2/h3-7,12,14,17H,8-9H2,1-2H3,(H,21,32)(H,22,28)(H,30,31)/t12-,14?,17?/m0/s1. The normalized spacial score (nSPS) is 20.1. The van der Waals surface area contributed by atoms with Crippen molar-refractivity contribution in [3.63, 3.8) is 0 Å². The number of aliphatic carboxylic acids is 1. The summed E-state index contributed by atoms with van der Waals surface area (Å²) in [5.74, 6) is -1.55. The Labute approximate surface area is 212 Å². The number of nitrogens with zero attached hydrogens (tertiary/aromatic N) is 5. The Hall–Kier alpha value is -3.04. The van der Waals surface area contributed by atoms with E-state index >= 15 is 0 Å². The van der Waals surface area contributed by atoms with Gasteiger partial charge >= 0.3 is 5.97 Å². The van der Waals surface area contributed by atoms with Crippen LogP contribution in [0.1, 0.15) is 10.8 Å². The van der Waals surface area contributed by atoms with Crippen LogP contribution in [-0.4, -0.2) is 83.2 Å². The summed E-state index contributed by atoms with van der Waals surface area (Å²) in [6.45, 7) is 0. The summed E-state index contributed by atoms with van der Waals surface area (Å²) in [5, 5.41) is 24.9. The van der Waals surface area contributed by atoms with Gasteiger partial charge in [-0.05, 0) is 33.3 Å². The van der Waals surface area contributed by atoms with Gasteiger partial charge < -0.3 is 15.7 Å². The third-order valence-electron chi connectivity index (χ3n) is 5.27. The molecule has 0 spiro atoms. The van der Waals surface area contributed by atoms with E-state index in [0.29, 0.717) is 27.8 Å². The number of hydrogen-bond acceptors (Lipinski definition) is 10. The fraction of sp³-hybridized carbons (Fsp3) is 0.350. The van der Waals surface area contributed by atoms with Crippen molar-refractivity contribution in [1.82, 2.24) is 35.7 Å². The molecule has 0 radical (unpaired) electrons. The molecule has 3 heterocycles. The van der Waals surface area contributed by atoms with Crippen molar-refractivity contribution in [2.75, 3.05) is 18.6 Å². The fourth-order valence-corrected chi connectivity index (χ4v) is 6.72. The molecule has 4 rings (SSSR count). The minimum absolute atomic E-state index is 0.0776. The molecule has 0 saturated carbocycles. The molecule has 184 valence electrons. The molecule has 1 aromatic heterocycles. The summed E-state index contributed by atoms with van der Waals surface area (Å²) in [6, 6.07) is 7.88. The first-order chi connectivity index (χ1) is 16.8. The van der Waals surface area contributed by atoms with Gasteiger partial charge in [-0.1, -0.05) is 42.1 Å². The number of carboxylic acids is 1. The van der Waals surface area contributed by atoms with Crippen molar-refractivity contribution < 1.29 is 24.3 Å². The summed E-state index contributed by atoms with van der Waals surface area (Å²) in [5.41, 5.74) is 1.11. The second-order valence-corrected chi connectivity index (χ2v) is 10.6. The van der Waals surface area contributed by atoms with Gasteiger partial charge in [0.1, 0.15) is 22.4 Å². The van der Waals surface area contributed by atoms with Crippen LogP contribution in [0.5, 0.6) is 0 Å². The summed E-state index contributed by atoms with van der Waals surface area (Å²) in [6.07, 6.45) is 0. The van der Waals surface area contributed by atoms with Crippen molar-refractivity contribution >= 4 is 58.3 Å². The Bertz CT molecular complexity index is 1190. The lowest BCUT2D eigenvalue weighted by Crippen LogP contribution is -2.70. The number of hydrogen-bond donors (Lipinski definition) is 3. The fourth-order valence-electron chi connectivity index (χ4n) is 3.59. The van der Waals surface area contributed by atoms with Gasteiger partial charge in [0.15, 0.2) is 0 Å². The lowest BCUT2D eigenvalue weighted by molar-refractivity contribution is -0.150. The van der Waals surface area contributed by atoms with E-state index in [-0.39, 0.29) is 10.9 Å². The Balaban J connectivity index is 1.49. The number of carboxylic acid groups (broad SMARTS) is 1. The van der Waals surface area contributed by atoms with Crippen LogP contribution >= 0.6 is 35.3 Å². The third-order valence-corrected chi connectivity index (χ3v) is 8.85. The zero-order chi connectivity index (χ0) is 25.1. The van der Waals surface area contributed by atoms with Crippen molar-refractivity contribution in [2.45, 2.75) is 21.8 Å². The van der Waals surface area contributed by atoms with Crippen molar-refractivity contribution in [3.05, 3.63) is 47.2 Å². The summed E-state index contributed by atoms with van der Waals surface area (Å²) in [7, 11) is 3.15. The molecule has 0 aliphatic carbocycles. The largest absolute Gasteiger partial charge is 0.477 e. The first kappa shape index (κ1) is 25.1. The van der Waals surface area contributed by atoms with E-state index in [1.165, 1.54) is 40.2 Å². The number of carbonyl (C=O) groups excluding carboxylic acids is 3. The number of carbonyl (C=O) groups is 4. The Morgan fingerprint density at radius 3 is 2.66 bits per heavy atom. The average Bonchev–Trinajstić information content (AvgIpc) is 3.28. The van der Waals surface area contributed by atoms with Crippen LogP contribution in [0.15, 0.2) is 46.8 Å². The SMILES string of the molecule is CNC(=O)SC(C(=O)N[C@H]1C(=O)N2C(C(=O)O)=C(CSc3nnnn3C)CSC12)c1ccccc1. The molecule has 2 aromatic rings. The second-order valence-electron chi connectivity index (χ2n) is 7.47. The number of rotatable bonds is 8. The van der Waals surface area contributed by atoms with Gasteiger partial charge in [-0.2, -0.15) is 0 Å².